The molecule has 2 aromatic rings. The molecule has 0 aliphatic carbocycles. The average molecular weight is 397 g/mol. The van der Waals surface area contributed by atoms with E-state index in [9.17, 15) is 0 Å². The molecule has 1 aliphatic rings. The maximum absolute atomic E-state index is 6.35. The lowest BCUT2D eigenvalue weighted by molar-refractivity contribution is 0.132. The van der Waals surface area contributed by atoms with Gasteiger partial charge in [0.1, 0.15) is 6.61 Å². The average Bonchev–Trinajstić information content (AvgIpc) is 2.70. The van der Waals surface area contributed by atoms with Gasteiger partial charge in [-0.25, -0.2) is 0 Å². The van der Waals surface area contributed by atoms with Crippen LogP contribution in [-0.2, 0) is 11.8 Å². The third kappa shape index (κ3) is 5.97. The van der Waals surface area contributed by atoms with Crippen LogP contribution in [0.3, 0.4) is 0 Å². The first-order valence-corrected chi connectivity index (χ1v) is 10.7. The standard InChI is InChI=1S/C25H36N2O2/c1-25(2,3)22-18-21(17-20-9-7-6-8-10-20)24(23(19-22)28-5)29-16-15-27-13-11-26(4)12-14-27/h6-10,18-19H,11-17H2,1-5H3. The first-order valence-electron chi connectivity index (χ1n) is 10.7. The number of piperazine rings is 1. The molecule has 3 rings (SSSR count). The van der Waals surface area contributed by atoms with Gasteiger partial charge in [-0.1, -0.05) is 57.2 Å². The fourth-order valence-corrected chi connectivity index (χ4v) is 3.70. The highest BCUT2D eigenvalue weighted by molar-refractivity contribution is 5.52. The second-order valence-electron chi connectivity index (χ2n) is 9.07. The van der Waals surface area contributed by atoms with Crippen molar-refractivity contribution in [2.75, 3.05) is 53.5 Å². The van der Waals surface area contributed by atoms with E-state index in [1.165, 1.54) is 16.7 Å². The highest BCUT2D eigenvalue weighted by Gasteiger charge is 2.21. The number of ether oxygens (including phenoxy) is 2. The van der Waals surface area contributed by atoms with Crippen molar-refractivity contribution >= 4 is 0 Å². The Bertz CT molecular complexity index is 775. The van der Waals surface area contributed by atoms with Crippen molar-refractivity contribution in [1.82, 2.24) is 9.80 Å². The zero-order chi connectivity index (χ0) is 20.9. The third-order valence-electron chi connectivity index (χ3n) is 5.70. The molecule has 0 N–H and O–H groups in total. The van der Waals surface area contributed by atoms with Crippen LogP contribution in [0.4, 0.5) is 0 Å². The van der Waals surface area contributed by atoms with Crippen LogP contribution in [0.25, 0.3) is 0 Å². The SMILES string of the molecule is COc1cc(C(C)(C)C)cc(Cc2ccccc2)c1OCCN1CCN(C)CC1. The normalized spacial score (nSPS) is 16.0. The van der Waals surface area contributed by atoms with E-state index in [2.05, 4.69) is 80.1 Å². The molecule has 1 heterocycles. The van der Waals surface area contributed by atoms with Gasteiger partial charge in [0.15, 0.2) is 11.5 Å². The van der Waals surface area contributed by atoms with Gasteiger partial charge in [-0.2, -0.15) is 0 Å². The highest BCUT2D eigenvalue weighted by atomic mass is 16.5. The Morgan fingerprint density at radius 3 is 2.28 bits per heavy atom. The van der Waals surface area contributed by atoms with Gasteiger partial charge in [0.2, 0.25) is 0 Å². The van der Waals surface area contributed by atoms with Gasteiger partial charge in [0, 0.05) is 44.7 Å². The molecule has 29 heavy (non-hydrogen) atoms. The Morgan fingerprint density at radius 2 is 1.66 bits per heavy atom. The highest BCUT2D eigenvalue weighted by Crippen LogP contribution is 2.38. The van der Waals surface area contributed by atoms with Crippen molar-refractivity contribution in [1.29, 1.82) is 0 Å². The lowest BCUT2D eigenvalue weighted by Crippen LogP contribution is -2.45. The van der Waals surface area contributed by atoms with Gasteiger partial charge >= 0.3 is 0 Å². The summed E-state index contributed by atoms with van der Waals surface area (Å²) in [5.74, 6) is 1.72. The molecule has 0 saturated carbocycles. The lowest BCUT2D eigenvalue weighted by atomic mass is 9.85. The van der Waals surface area contributed by atoms with Crippen molar-refractivity contribution in [3.8, 4) is 11.5 Å². The molecular formula is C25H36N2O2. The maximum Gasteiger partial charge on any atom is 0.164 e. The number of likely N-dealkylation sites (N-methyl/N-ethyl adjacent to an activating group) is 1. The number of hydrogen-bond donors (Lipinski definition) is 0. The molecule has 0 spiro atoms. The summed E-state index contributed by atoms with van der Waals surface area (Å²) in [7, 11) is 3.92. The minimum Gasteiger partial charge on any atom is -0.493 e. The van der Waals surface area contributed by atoms with Gasteiger partial charge < -0.3 is 14.4 Å². The van der Waals surface area contributed by atoms with Gasteiger partial charge in [-0.05, 0) is 29.7 Å². The minimum absolute atomic E-state index is 0.0527. The summed E-state index contributed by atoms with van der Waals surface area (Å²) in [6.07, 6.45) is 0.838. The predicted molar refractivity (Wildman–Crippen MR) is 120 cm³/mol. The largest absolute Gasteiger partial charge is 0.493 e. The van der Waals surface area contributed by atoms with Crippen molar-refractivity contribution in [3.05, 3.63) is 59.2 Å². The summed E-state index contributed by atoms with van der Waals surface area (Å²) in [5.41, 5.74) is 3.80. The topological polar surface area (TPSA) is 24.9 Å². The first kappa shape index (κ1) is 21.7. The summed E-state index contributed by atoms with van der Waals surface area (Å²) in [6, 6.07) is 15.0. The fraction of sp³-hybridized carbons (Fsp3) is 0.520. The maximum atomic E-state index is 6.35. The lowest BCUT2D eigenvalue weighted by Gasteiger charge is -2.32. The van der Waals surface area contributed by atoms with E-state index in [1.54, 1.807) is 7.11 Å². The van der Waals surface area contributed by atoms with Crippen LogP contribution in [0.5, 0.6) is 11.5 Å². The second kappa shape index (κ2) is 9.64. The Hall–Kier alpha value is -2.04. The van der Waals surface area contributed by atoms with Crippen molar-refractivity contribution < 1.29 is 9.47 Å². The number of methoxy groups -OCH3 is 1. The summed E-state index contributed by atoms with van der Waals surface area (Å²) < 4.78 is 12.1. The molecule has 4 heteroatoms. The Morgan fingerprint density at radius 1 is 0.966 bits per heavy atom. The molecule has 1 saturated heterocycles. The number of hydrogen-bond acceptors (Lipinski definition) is 4. The molecule has 2 aromatic carbocycles. The van der Waals surface area contributed by atoms with E-state index < -0.39 is 0 Å². The molecule has 0 bridgehead atoms. The molecule has 0 unspecified atom stereocenters. The van der Waals surface area contributed by atoms with Crippen LogP contribution in [0.15, 0.2) is 42.5 Å². The molecule has 4 nitrogen and oxygen atoms in total. The minimum atomic E-state index is 0.0527. The predicted octanol–water partition coefficient (Wildman–Crippen LogP) is 4.21. The zero-order valence-corrected chi connectivity index (χ0v) is 18.7. The van der Waals surface area contributed by atoms with Gasteiger partial charge in [-0.3, -0.25) is 4.90 Å². The van der Waals surface area contributed by atoms with Gasteiger partial charge in [-0.15, -0.1) is 0 Å². The van der Waals surface area contributed by atoms with Crippen LogP contribution < -0.4 is 9.47 Å². The van der Waals surface area contributed by atoms with Crippen molar-refractivity contribution in [2.45, 2.75) is 32.6 Å². The molecule has 158 valence electrons. The molecule has 0 amide bonds. The van der Waals surface area contributed by atoms with Crippen LogP contribution in [-0.4, -0.2) is 63.3 Å². The van der Waals surface area contributed by atoms with Crippen molar-refractivity contribution in [2.24, 2.45) is 0 Å². The van der Waals surface area contributed by atoms with Crippen LogP contribution >= 0.6 is 0 Å². The Balaban J connectivity index is 1.81. The van der Waals surface area contributed by atoms with E-state index in [4.69, 9.17) is 9.47 Å². The summed E-state index contributed by atoms with van der Waals surface area (Å²) >= 11 is 0. The molecule has 1 fully saturated rings. The van der Waals surface area contributed by atoms with Gasteiger partial charge in [0.25, 0.3) is 0 Å². The Labute approximate surface area is 176 Å². The molecule has 1 aliphatic heterocycles. The van der Waals surface area contributed by atoms with Crippen LogP contribution in [0.2, 0.25) is 0 Å². The summed E-state index contributed by atoms with van der Waals surface area (Å²) in [6.45, 7) is 12.8. The van der Waals surface area contributed by atoms with Crippen LogP contribution in [0, 0.1) is 0 Å². The number of nitrogens with zero attached hydrogens (tertiary/aromatic N) is 2. The van der Waals surface area contributed by atoms with Gasteiger partial charge in [0.05, 0.1) is 7.11 Å². The monoisotopic (exact) mass is 396 g/mol. The molecule has 0 radical (unpaired) electrons. The Kier molecular flexibility index (Phi) is 7.20. The quantitative estimate of drug-likeness (QED) is 0.700. The molecule has 0 atom stereocenters. The molecular weight excluding hydrogens is 360 g/mol. The van der Waals surface area contributed by atoms with Crippen molar-refractivity contribution in [3.63, 3.8) is 0 Å². The second-order valence-corrected chi connectivity index (χ2v) is 9.07. The number of benzene rings is 2. The van der Waals surface area contributed by atoms with E-state index in [0.29, 0.717) is 6.61 Å². The third-order valence-corrected chi connectivity index (χ3v) is 5.70. The molecule has 0 aromatic heterocycles. The van der Waals surface area contributed by atoms with E-state index in [0.717, 1.165) is 50.6 Å². The zero-order valence-electron chi connectivity index (χ0n) is 18.7. The summed E-state index contributed by atoms with van der Waals surface area (Å²) in [5, 5.41) is 0. The number of rotatable bonds is 7. The smallest absolute Gasteiger partial charge is 0.164 e. The first-order chi connectivity index (χ1) is 13.9. The van der Waals surface area contributed by atoms with Crippen LogP contribution in [0.1, 0.15) is 37.5 Å². The van der Waals surface area contributed by atoms with E-state index >= 15 is 0 Å². The summed E-state index contributed by atoms with van der Waals surface area (Å²) in [4.78, 5) is 4.86. The van der Waals surface area contributed by atoms with E-state index in [1.807, 2.05) is 0 Å². The fourth-order valence-electron chi connectivity index (χ4n) is 3.70. The van der Waals surface area contributed by atoms with E-state index in [-0.39, 0.29) is 5.41 Å².